The van der Waals surface area contributed by atoms with Crippen LogP contribution >= 0.6 is 0 Å². The topological polar surface area (TPSA) is 40.5 Å². The second-order valence-corrected chi connectivity index (χ2v) is 10.9. The molecule has 0 radical (unpaired) electrons. The van der Waals surface area contributed by atoms with Gasteiger partial charge in [0.25, 0.3) is 0 Å². The number of fused-ring (bicyclic) bond motifs is 6. The third-order valence-electron chi connectivity index (χ3n) is 8.91. The molecule has 2 N–H and O–H groups in total. The van der Waals surface area contributed by atoms with Crippen molar-refractivity contribution in [3.05, 3.63) is 179 Å². The van der Waals surface area contributed by atoms with Gasteiger partial charge in [-0.15, -0.1) is 5.73 Å². The van der Waals surface area contributed by atoms with Crippen molar-refractivity contribution in [3.63, 3.8) is 0 Å². The molecule has 0 aliphatic heterocycles. The number of allylic oxidation sites excluding steroid dienone is 1. The van der Waals surface area contributed by atoms with Crippen LogP contribution in [0, 0.1) is 5.92 Å². The van der Waals surface area contributed by atoms with Gasteiger partial charge >= 0.3 is 0 Å². The van der Waals surface area contributed by atoms with Gasteiger partial charge in [-0.3, -0.25) is 0 Å². The van der Waals surface area contributed by atoms with Crippen molar-refractivity contribution in [1.29, 1.82) is 0 Å². The average molecular weight is 515 g/mol. The predicted molar refractivity (Wildman–Crippen MR) is 159 cm³/mol. The van der Waals surface area contributed by atoms with Crippen molar-refractivity contribution in [3.8, 4) is 22.3 Å². The Labute approximate surface area is 233 Å². The SMILES string of the molecule is OC1(c2ccc(-c3ccc(C4(O)c5ccccc5C5=C=CC=CC54)cc3)cc2)c2ccccc2-c2ccccc21. The first-order valence-corrected chi connectivity index (χ1v) is 13.7. The zero-order valence-electron chi connectivity index (χ0n) is 21.8. The van der Waals surface area contributed by atoms with E-state index in [-0.39, 0.29) is 5.92 Å². The highest BCUT2D eigenvalue weighted by Crippen LogP contribution is 2.54. The van der Waals surface area contributed by atoms with Crippen LogP contribution in [0.25, 0.3) is 27.8 Å². The summed E-state index contributed by atoms with van der Waals surface area (Å²) in [6.07, 6.45) is 5.96. The summed E-state index contributed by atoms with van der Waals surface area (Å²) < 4.78 is 0. The van der Waals surface area contributed by atoms with Gasteiger partial charge in [0.05, 0.1) is 0 Å². The van der Waals surface area contributed by atoms with Crippen LogP contribution in [0.5, 0.6) is 0 Å². The molecular formula is C38H26O2. The third kappa shape index (κ3) is 3.01. The second kappa shape index (κ2) is 8.39. The highest BCUT2D eigenvalue weighted by Gasteiger charge is 2.49. The summed E-state index contributed by atoms with van der Waals surface area (Å²) in [7, 11) is 0. The average Bonchev–Trinajstić information content (AvgIpc) is 3.45. The lowest BCUT2D eigenvalue weighted by atomic mass is 9.78. The van der Waals surface area contributed by atoms with Crippen LogP contribution in [-0.4, -0.2) is 10.2 Å². The van der Waals surface area contributed by atoms with Crippen LogP contribution in [0.3, 0.4) is 0 Å². The molecule has 190 valence electrons. The molecule has 3 aliphatic rings. The van der Waals surface area contributed by atoms with E-state index in [1.165, 1.54) is 0 Å². The molecule has 0 spiro atoms. The Morgan fingerprint density at radius 2 is 1.02 bits per heavy atom. The summed E-state index contributed by atoms with van der Waals surface area (Å²) >= 11 is 0. The summed E-state index contributed by atoms with van der Waals surface area (Å²) in [5.74, 6) is -0.169. The Bertz CT molecular complexity index is 1860. The number of hydrogen-bond donors (Lipinski definition) is 2. The fraction of sp³-hybridized carbons (Fsp3) is 0.0789. The molecule has 0 amide bonds. The lowest BCUT2D eigenvalue weighted by Crippen LogP contribution is -2.31. The first-order valence-electron chi connectivity index (χ1n) is 13.7. The van der Waals surface area contributed by atoms with Gasteiger partial charge in [-0.2, -0.15) is 0 Å². The first kappa shape index (κ1) is 23.2. The Kier molecular flexibility index (Phi) is 4.86. The molecule has 0 aromatic heterocycles. The van der Waals surface area contributed by atoms with E-state index in [1.807, 2.05) is 91.0 Å². The van der Waals surface area contributed by atoms with Gasteiger partial charge in [0.1, 0.15) is 11.2 Å². The summed E-state index contributed by atoms with van der Waals surface area (Å²) in [6, 6.07) is 40.7. The first-order chi connectivity index (χ1) is 19.6. The third-order valence-corrected chi connectivity index (χ3v) is 8.91. The van der Waals surface area contributed by atoms with Crippen molar-refractivity contribution >= 4 is 5.57 Å². The van der Waals surface area contributed by atoms with Crippen LogP contribution in [0.15, 0.2) is 145 Å². The molecule has 0 heterocycles. The highest BCUT2D eigenvalue weighted by atomic mass is 16.3. The van der Waals surface area contributed by atoms with E-state index in [2.05, 4.69) is 54.3 Å². The monoisotopic (exact) mass is 514 g/mol. The summed E-state index contributed by atoms with van der Waals surface area (Å²) in [6.45, 7) is 0. The molecule has 5 aromatic carbocycles. The van der Waals surface area contributed by atoms with E-state index in [1.54, 1.807) is 0 Å². The molecule has 3 aliphatic carbocycles. The molecule has 0 bridgehead atoms. The Morgan fingerprint density at radius 1 is 0.525 bits per heavy atom. The number of benzene rings is 5. The maximum atomic E-state index is 12.2. The van der Waals surface area contributed by atoms with Gasteiger partial charge in [0, 0.05) is 22.6 Å². The highest BCUT2D eigenvalue weighted by molar-refractivity contribution is 5.83. The molecule has 2 atom stereocenters. The van der Waals surface area contributed by atoms with Crippen molar-refractivity contribution < 1.29 is 10.2 Å². The van der Waals surface area contributed by atoms with Crippen LogP contribution in [0.1, 0.15) is 33.4 Å². The van der Waals surface area contributed by atoms with Gasteiger partial charge in [0.2, 0.25) is 0 Å². The predicted octanol–water partition coefficient (Wildman–Crippen LogP) is 7.59. The lowest BCUT2D eigenvalue weighted by Gasteiger charge is -2.30. The molecular weight excluding hydrogens is 488 g/mol. The van der Waals surface area contributed by atoms with Crippen molar-refractivity contribution in [2.45, 2.75) is 11.2 Å². The van der Waals surface area contributed by atoms with Gasteiger partial charge in [-0.05, 0) is 50.6 Å². The Morgan fingerprint density at radius 3 is 1.62 bits per heavy atom. The van der Waals surface area contributed by atoms with Crippen LogP contribution in [0.2, 0.25) is 0 Å². The minimum atomic E-state index is -1.19. The zero-order chi connectivity index (χ0) is 26.9. The zero-order valence-corrected chi connectivity index (χ0v) is 21.8. The van der Waals surface area contributed by atoms with E-state index in [4.69, 9.17) is 0 Å². The normalized spacial score (nSPS) is 20.9. The van der Waals surface area contributed by atoms with E-state index in [0.717, 1.165) is 61.2 Å². The minimum absolute atomic E-state index is 0.169. The fourth-order valence-corrected chi connectivity index (χ4v) is 6.98. The van der Waals surface area contributed by atoms with Gasteiger partial charge in [-0.1, -0.05) is 133 Å². The second-order valence-electron chi connectivity index (χ2n) is 10.9. The van der Waals surface area contributed by atoms with Crippen molar-refractivity contribution in [2.75, 3.05) is 0 Å². The maximum absolute atomic E-state index is 12.2. The van der Waals surface area contributed by atoms with Gasteiger partial charge < -0.3 is 10.2 Å². The lowest BCUT2D eigenvalue weighted by molar-refractivity contribution is 0.0646. The minimum Gasteiger partial charge on any atom is -0.379 e. The molecule has 0 saturated carbocycles. The van der Waals surface area contributed by atoms with E-state index in [0.29, 0.717) is 0 Å². The Hall–Kier alpha value is -4.72. The number of aliphatic hydroxyl groups is 2. The number of hydrogen-bond acceptors (Lipinski definition) is 2. The summed E-state index contributed by atoms with van der Waals surface area (Å²) in [4.78, 5) is 0. The molecule has 8 rings (SSSR count). The summed E-state index contributed by atoms with van der Waals surface area (Å²) in [5.41, 5.74) is 11.9. The molecule has 40 heavy (non-hydrogen) atoms. The van der Waals surface area contributed by atoms with E-state index in [9.17, 15) is 10.2 Å². The smallest absolute Gasteiger partial charge is 0.141 e. The molecule has 0 saturated heterocycles. The van der Waals surface area contributed by atoms with Crippen molar-refractivity contribution in [2.24, 2.45) is 5.92 Å². The van der Waals surface area contributed by atoms with Crippen LogP contribution in [0.4, 0.5) is 0 Å². The Balaban J connectivity index is 1.16. The molecule has 0 fully saturated rings. The standard InChI is InChI=1S/C38H26O2/c39-37(33-13-5-1-9-29(33)30-10-2-6-14-34(30)37)27-21-17-25(18-22-27)26-19-23-28(24-20-26)38(40)35-15-7-3-11-31(35)32-12-4-8-16-36(32)38/h1-11,13-24,36,39-40H. The largest absolute Gasteiger partial charge is 0.379 e. The molecule has 5 aromatic rings. The maximum Gasteiger partial charge on any atom is 0.141 e. The fourth-order valence-electron chi connectivity index (χ4n) is 6.98. The summed E-state index contributed by atoms with van der Waals surface area (Å²) in [5, 5.41) is 24.3. The van der Waals surface area contributed by atoms with E-state index < -0.39 is 11.2 Å². The molecule has 2 nitrogen and oxygen atoms in total. The molecule has 2 unspecified atom stereocenters. The van der Waals surface area contributed by atoms with Crippen LogP contribution in [-0.2, 0) is 11.2 Å². The quantitative estimate of drug-likeness (QED) is 0.244. The van der Waals surface area contributed by atoms with Crippen molar-refractivity contribution in [1.82, 2.24) is 0 Å². The van der Waals surface area contributed by atoms with E-state index >= 15 is 0 Å². The van der Waals surface area contributed by atoms with Gasteiger partial charge in [-0.25, -0.2) is 0 Å². The van der Waals surface area contributed by atoms with Gasteiger partial charge in [0.15, 0.2) is 0 Å². The molecule has 2 heteroatoms. The van der Waals surface area contributed by atoms with Crippen LogP contribution < -0.4 is 0 Å². The number of rotatable bonds is 3.